The second kappa shape index (κ2) is 23.5. The summed E-state index contributed by atoms with van der Waals surface area (Å²) in [5.74, 6) is 1.20. The Morgan fingerprint density at radius 2 is 0.855 bits per heavy atom. The Bertz CT molecular complexity index is 2980. The molecule has 0 saturated carbocycles. The van der Waals surface area contributed by atoms with Gasteiger partial charge in [0.2, 0.25) is 11.9 Å². The van der Waals surface area contributed by atoms with E-state index in [1.807, 2.05) is 86.6 Å². The highest BCUT2D eigenvalue weighted by Crippen LogP contribution is 2.39. The second-order valence-electron chi connectivity index (χ2n) is 19.5. The van der Waals surface area contributed by atoms with Crippen LogP contribution >= 0.6 is 0 Å². The lowest BCUT2D eigenvalue weighted by Gasteiger charge is -2.28. The zero-order valence-electron chi connectivity index (χ0n) is 42.6. The molecule has 2 fully saturated rings. The number of alkyl halides is 6. The lowest BCUT2D eigenvalue weighted by molar-refractivity contribution is -0.138. The van der Waals surface area contributed by atoms with Gasteiger partial charge < -0.3 is 20.4 Å². The summed E-state index contributed by atoms with van der Waals surface area (Å²) in [5, 5.41) is 24.7. The zero-order valence-corrected chi connectivity index (χ0v) is 42.6. The number of halogens is 6. The summed E-state index contributed by atoms with van der Waals surface area (Å²) in [5.41, 5.74) is 6.10. The molecule has 2 aliphatic heterocycles. The van der Waals surface area contributed by atoms with Crippen LogP contribution in [0.5, 0.6) is 0 Å². The van der Waals surface area contributed by atoms with Gasteiger partial charge in [-0.3, -0.25) is 0 Å². The SMILES string of the molecule is CC(Nc1nccc(-c2nnc(C3CCN(C)CC3)cc2-c2cccc(C(F)(F)F)c2)n1)c1ccccc1.CC(Nc1nccc(-c2nnc(C3CCN(C)CC3)cc2-c2cccc(C(F)(F)F)c2)n1)c1ccccc1. The molecule has 2 atom stereocenters. The molecule has 4 aromatic carbocycles. The fourth-order valence-corrected chi connectivity index (χ4v) is 9.52. The molecule has 0 aliphatic carbocycles. The maximum atomic E-state index is 13.6. The summed E-state index contributed by atoms with van der Waals surface area (Å²) in [6.07, 6.45) is -1.98. The molecule has 6 heterocycles. The van der Waals surface area contributed by atoms with Crippen LogP contribution in [0.4, 0.5) is 38.2 Å². The van der Waals surface area contributed by atoms with E-state index in [-0.39, 0.29) is 23.9 Å². The average molecular weight is 1040 g/mol. The van der Waals surface area contributed by atoms with Gasteiger partial charge in [0.15, 0.2) is 0 Å². The first-order valence-electron chi connectivity index (χ1n) is 25.3. The number of nitrogens with zero attached hydrogens (tertiary/aromatic N) is 10. The van der Waals surface area contributed by atoms with Crippen LogP contribution in [0.2, 0.25) is 0 Å². The number of rotatable bonds is 12. The smallest absolute Gasteiger partial charge is 0.348 e. The zero-order chi connectivity index (χ0) is 53.4. The summed E-state index contributed by atoms with van der Waals surface area (Å²) in [7, 11) is 4.16. The molecule has 392 valence electrons. The molecule has 0 spiro atoms. The lowest BCUT2D eigenvalue weighted by Crippen LogP contribution is -2.29. The molecule has 12 nitrogen and oxygen atoms in total. The van der Waals surface area contributed by atoms with E-state index in [0.717, 1.165) is 98.6 Å². The molecule has 2 saturated heterocycles. The second-order valence-corrected chi connectivity index (χ2v) is 19.5. The van der Waals surface area contributed by atoms with Gasteiger partial charge in [-0.2, -0.15) is 36.5 Å². The Labute approximate surface area is 438 Å². The van der Waals surface area contributed by atoms with Crippen molar-refractivity contribution in [3.63, 3.8) is 0 Å². The number of likely N-dealkylation sites (tertiary alicyclic amines) is 2. The number of hydrogen-bond donors (Lipinski definition) is 2. The van der Waals surface area contributed by atoms with Crippen molar-refractivity contribution >= 4 is 11.9 Å². The minimum atomic E-state index is -4.45. The van der Waals surface area contributed by atoms with Crippen molar-refractivity contribution in [1.29, 1.82) is 0 Å². The normalized spacial score (nSPS) is 15.8. The highest BCUT2D eigenvalue weighted by molar-refractivity contribution is 5.81. The van der Waals surface area contributed by atoms with Crippen molar-refractivity contribution in [2.75, 3.05) is 50.9 Å². The first kappa shape index (κ1) is 53.1. The summed E-state index contributed by atoms with van der Waals surface area (Å²) in [6, 6.07) is 37.6. The number of piperidine rings is 2. The predicted molar refractivity (Wildman–Crippen MR) is 283 cm³/mol. The van der Waals surface area contributed by atoms with Gasteiger partial charge in [-0.05, 0) is 151 Å². The van der Waals surface area contributed by atoms with Crippen LogP contribution in [-0.2, 0) is 12.4 Å². The van der Waals surface area contributed by atoms with Crippen LogP contribution < -0.4 is 10.6 Å². The molecular formula is C58H58F6N12. The molecule has 0 amide bonds. The highest BCUT2D eigenvalue weighted by atomic mass is 19.4. The summed E-state index contributed by atoms with van der Waals surface area (Å²) >= 11 is 0. The summed E-state index contributed by atoms with van der Waals surface area (Å²) in [6.45, 7) is 7.77. The third-order valence-corrected chi connectivity index (χ3v) is 14.0. The van der Waals surface area contributed by atoms with Crippen LogP contribution in [0, 0.1) is 0 Å². The number of benzene rings is 4. The van der Waals surface area contributed by atoms with Crippen molar-refractivity contribution in [2.24, 2.45) is 0 Å². The molecule has 2 aliphatic rings. The predicted octanol–water partition coefficient (Wildman–Crippen LogP) is 13.2. The largest absolute Gasteiger partial charge is 0.416 e. The quantitative estimate of drug-likeness (QED) is 0.113. The molecule has 0 radical (unpaired) electrons. The van der Waals surface area contributed by atoms with E-state index in [1.54, 1.807) is 36.7 Å². The van der Waals surface area contributed by atoms with Crippen LogP contribution in [0.15, 0.2) is 146 Å². The van der Waals surface area contributed by atoms with Crippen molar-refractivity contribution in [3.05, 3.63) is 179 Å². The Morgan fingerprint density at radius 1 is 0.474 bits per heavy atom. The third-order valence-electron chi connectivity index (χ3n) is 14.0. The average Bonchev–Trinajstić information content (AvgIpc) is 3.43. The van der Waals surface area contributed by atoms with Crippen LogP contribution in [-0.4, -0.2) is 90.4 Å². The fraction of sp³-hybridized carbons (Fsp3) is 0.310. The number of nitrogens with one attached hydrogen (secondary N) is 2. The van der Waals surface area contributed by atoms with Crippen LogP contribution in [0.1, 0.15) is 97.1 Å². The summed E-state index contributed by atoms with van der Waals surface area (Å²) < 4.78 is 81.4. The fourth-order valence-electron chi connectivity index (χ4n) is 9.52. The molecule has 8 aromatic rings. The van der Waals surface area contributed by atoms with Gasteiger partial charge in [0.05, 0.1) is 46.0 Å². The number of aromatic nitrogens is 8. The van der Waals surface area contributed by atoms with Crippen molar-refractivity contribution in [1.82, 2.24) is 50.1 Å². The van der Waals surface area contributed by atoms with Gasteiger partial charge in [-0.25, -0.2) is 19.9 Å². The highest BCUT2D eigenvalue weighted by Gasteiger charge is 2.33. The minimum Gasteiger partial charge on any atom is -0.348 e. The molecule has 10 rings (SSSR count). The van der Waals surface area contributed by atoms with Crippen LogP contribution in [0.3, 0.4) is 0 Å². The van der Waals surface area contributed by atoms with Gasteiger partial charge in [0.1, 0.15) is 11.4 Å². The maximum absolute atomic E-state index is 13.6. The first-order chi connectivity index (χ1) is 36.6. The Balaban J connectivity index is 0.000000186. The van der Waals surface area contributed by atoms with Crippen molar-refractivity contribution in [2.45, 2.75) is 75.8 Å². The Morgan fingerprint density at radius 3 is 1.22 bits per heavy atom. The standard InChI is InChI=1S/2C29H29F3N6/c2*1-19(20-7-4-3-5-8-20)34-28-33-14-11-25(35-28)27-24(22-9-6-10-23(17-22)29(30,31)32)18-26(36-37-27)21-12-15-38(2)16-13-21/h2*3-11,14,17-19,21H,12-13,15-16H2,1-2H3,(H,33,34,35). The topological polar surface area (TPSA) is 134 Å². The molecular weight excluding hydrogens is 979 g/mol. The Kier molecular flexibility index (Phi) is 16.4. The van der Waals surface area contributed by atoms with E-state index >= 15 is 0 Å². The van der Waals surface area contributed by atoms with Gasteiger partial charge >= 0.3 is 12.4 Å². The van der Waals surface area contributed by atoms with Gasteiger partial charge in [-0.1, -0.05) is 84.9 Å². The molecule has 2 N–H and O–H groups in total. The molecule has 2 unspecified atom stereocenters. The minimum absolute atomic E-state index is 0.0488. The van der Waals surface area contributed by atoms with E-state index in [2.05, 4.69) is 74.9 Å². The van der Waals surface area contributed by atoms with E-state index in [9.17, 15) is 26.3 Å². The van der Waals surface area contributed by atoms with Gasteiger partial charge in [-0.15, -0.1) is 10.2 Å². The Hall–Kier alpha value is -7.70. The molecule has 18 heteroatoms. The van der Waals surface area contributed by atoms with E-state index in [1.165, 1.54) is 12.1 Å². The molecule has 76 heavy (non-hydrogen) atoms. The van der Waals surface area contributed by atoms with Gasteiger partial charge in [0.25, 0.3) is 0 Å². The van der Waals surface area contributed by atoms with Crippen LogP contribution in [0.25, 0.3) is 45.0 Å². The van der Waals surface area contributed by atoms with Crippen molar-refractivity contribution in [3.8, 4) is 45.0 Å². The van der Waals surface area contributed by atoms with Crippen molar-refractivity contribution < 1.29 is 26.3 Å². The number of anilines is 2. The number of hydrogen-bond acceptors (Lipinski definition) is 12. The first-order valence-corrected chi connectivity index (χ1v) is 25.3. The van der Waals surface area contributed by atoms with E-state index in [4.69, 9.17) is 0 Å². The monoisotopic (exact) mass is 1040 g/mol. The maximum Gasteiger partial charge on any atom is 0.416 e. The van der Waals surface area contributed by atoms with E-state index in [0.29, 0.717) is 56.9 Å². The molecule has 0 bridgehead atoms. The van der Waals surface area contributed by atoms with Gasteiger partial charge in [0, 0.05) is 35.4 Å². The van der Waals surface area contributed by atoms with E-state index < -0.39 is 23.5 Å². The third kappa shape index (κ3) is 13.2. The lowest BCUT2D eigenvalue weighted by atomic mass is 9.91. The summed E-state index contributed by atoms with van der Waals surface area (Å²) in [4.78, 5) is 22.6. The molecule has 4 aromatic heterocycles.